The van der Waals surface area contributed by atoms with Crippen LogP contribution in [0.2, 0.25) is 0 Å². The van der Waals surface area contributed by atoms with Gasteiger partial charge in [0.1, 0.15) is 12.4 Å². The predicted molar refractivity (Wildman–Crippen MR) is 72.6 cm³/mol. The number of nitrogen functional groups attached to an aromatic ring is 1. The third-order valence-electron chi connectivity index (χ3n) is 2.57. The van der Waals surface area contributed by atoms with Crippen molar-refractivity contribution >= 4 is 17.3 Å². The Morgan fingerprint density at radius 1 is 1.40 bits per heavy atom. The fourth-order valence-corrected chi connectivity index (χ4v) is 1.61. The van der Waals surface area contributed by atoms with Gasteiger partial charge in [-0.2, -0.15) is 0 Å². The first-order valence-electron chi connectivity index (χ1n) is 5.83. The Morgan fingerprint density at radius 2 is 2.20 bits per heavy atom. The molecule has 1 heterocycles. The highest BCUT2D eigenvalue weighted by molar-refractivity contribution is 6.03. The summed E-state index contributed by atoms with van der Waals surface area (Å²) in [7, 11) is 3.04. The van der Waals surface area contributed by atoms with E-state index < -0.39 is 0 Å². The Bertz CT molecular complexity index is 609. The van der Waals surface area contributed by atoms with Crippen molar-refractivity contribution in [3.8, 4) is 5.75 Å². The first-order valence-corrected chi connectivity index (χ1v) is 5.83. The smallest absolute Gasteiger partial charge is 0.277 e. The van der Waals surface area contributed by atoms with E-state index in [0.29, 0.717) is 22.9 Å². The highest BCUT2D eigenvalue weighted by atomic mass is 16.5. The summed E-state index contributed by atoms with van der Waals surface area (Å²) in [6.45, 7) is 0.260. The van der Waals surface area contributed by atoms with Gasteiger partial charge >= 0.3 is 0 Å². The lowest BCUT2D eigenvalue weighted by atomic mass is 10.2. The normalized spacial score (nSPS) is 10.3. The maximum atomic E-state index is 12.0. The van der Waals surface area contributed by atoms with Crippen molar-refractivity contribution in [2.75, 3.05) is 25.3 Å². The minimum Gasteiger partial charge on any atom is -0.495 e. The third-order valence-corrected chi connectivity index (χ3v) is 2.57. The van der Waals surface area contributed by atoms with Gasteiger partial charge in [0.15, 0.2) is 11.5 Å². The van der Waals surface area contributed by atoms with Gasteiger partial charge in [-0.15, -0.1) is 0 Å². The molecule has 1 amide bonds. The Labute approximate surface area is 115 Å². The molecule has 7 nitrogen and oxygen atoms in total. The summed E-state index contributed by atoms with van der Waals surface area (Å²) >= 11 is 0. The van der Waals surface area contributed by atoms with Crippen LogP contribution in [0.4, 0.5) is 11.4 Å². The summed E-state index contributed by atoms with van der Waals surface area (Å²) in [6, 6.07) is 6.47. The number of amides is 1. The quantitative estimate of drug-likeness (QED) is 0.806. The maximum absolute atomic E-state index is 12.0. The third kappa shape index (κ3) is 3.07. The van der Waals surface area contributed by atoms with Gasteiger partial charge in [0.05, 0.1) is 12.8 Å². The van der Waals surface area contributed by atoms with E-state index in [1.54, 1.807) is 18.2 Å². The van der Waals surface area contributed by atoms with Gasteiger partial charge in [-0.3, -0.25) is 4.79 Å². The molecule has 0 spiro atoms. The van der Waals surface area contributed by atoms with Crippen LogP contribution in [-0.2, 0) is 11.3 Å². The standard InChI is InChI=1S/C13H15N3O4/c1-18-7-9-6-11(16-20-9)13(17)15-8-3-4-10(14)12(5-8)19-2/h3-6H,7,14H2,1-2H3,(H,15,17). The molecule has 20 heavy (non-hydrogen) atoms. The van der Waals surface area contributed by atoms with Gasteiger partial charge in [0.2, 0.25) is 0 Å². The molecule has 0 radical (unpaired) electrons. The summed E-state index contributed by atoms with van der Waals surface area (Å²) in [5.41, 5.74) is 6.92. The number of hydrogen-bond acceptors (Lipinski definition) is 6. The van der Waals surface area contributed by atoms with E-state index in [4.69, 9.17) is 19.7 Å². The molecule has 0 saturated heterocycles. The first kappa shape index (κ1) is 13.9. The average Bonchev–Trinajstić information content (AvgIpc) is 2.90. The van der Waals surface area contributed by atoms with Crippen LogP contribution < -0.4 is 15.8 Å². The van der Waals surface area contributed by atoms with Crippen LogP contribution >= 0.6 is 0 Å². The molecular formula is C13H15N3O4. The van der Waals surface area contributed by atoms with Crippen LogP contribution in [0.5, 0.6) is 5.75 Å². The summed E-state index contributed by atoms with van der Waals surface area (Å²) in [6.07, 6.45) is 0. The number of aromatic nitrogens is 1. The number of nitrogens with two attached hydrogens (primary N) is 1. The maximum Gasteiger partial charge on any atom is 0.277 e. The van der Waals surface area contributed by atoms with E-state index in [1.807, 2.05) is 0 Å². The lowest BCUT2D eigenvalue weighted by Crippen LogP contribution is -2.12. The van der Waals surface area contributed by atoms with Crippen molar-refractivity contribution in [2.24, 2.45) is 0 Å². The largest absolute Gasteiger partial charge is 0.495 e. The summed E-state index contributed by atoms with van der Waals surface area (Å²) in [5, 5.41) is 6.35. The highest BCUT2D eigenvalue weighted by Gasteiger charge is 2.13. The van der Waals surface area contributed by atoms with E-state index in [0.717, 1.165) is 0 Å². The monoisotopic (exact) mass is 277 g/mol. The molecule has 0 unspecified atom stereocenters. The van der Waals surface area contributed by atoms with Crippen molar-refractivity contribution in [1.29, 1.82) is 0 Å². The number of nitrogens with one attached hydrogen (secondary N) is 1. The Hall–Kier alpha value is -2.54. The second-order valence-electron chi connectivity index (χ2n) is 4.02. The summed E-state index contributed by atoms with van der Waals surface area (Å²) in [5.74, 6) is 0.582. The Kier molecular flexibility index (Phi) is 4.21. The van der Waals surface area contributed by atoms with Crippen LogP contribution in [0.25, 0.3) is 0 Å². The summed E-state index contributed by atoms with van der Waals surface area (Å²) in [4.78, 5) is 12.0. The van der Waals surface area contributed by atoms with Crippen molar-refractivity contribution < 1.29 is 18.8 Å². The molecule has 0 aliphatic rings. The minimum absolute atomic E-state index is 0.174. The molecule has 0 saturated carbocycles. The van der Waals surface area contributed by atoms with E-state index >= 15 is 0 Å². The molecule has 2 rings (SSSR count). The van der Waals surface area contributed by atoms with Gasteiger partial charge in [-0.05, 0) is 12.1 Å². The highest BCUT2D eigenvalue weighted by Crippen LogP contribution is 2.25. The first-order chi connectivity index (χ1) is 9.63. The number of nitrogens with zero attached hydrogens (tertiary/aromatic N) is 1. The lowest BCUT2D eigenvalue weighted by molar-refractivity contribution is 0.101. The second kappa shape index (κ2) is 6.07. The summed E-state index contributed by atoms with van der Waals surface area (Å²) < 4.78 is 14.9. The molecule has 0 aliphatic carbocycles. The number of anilines is 2. The zero-order chi connectivity index (χ0) is 14.5. The molecular weight excluding hydrogens is 262 g/mol. The zero-order valence-corrected chi connectivity index (χ0v) is 11.2. The molecule has 0 fully saturated rings. The Morgan fingerprint density at radius 3 is 2.90 bits per heavy atom. The number of ether oxygens (including phenoxy) is 2. The van der Waals surface area contributed by atoms with E-state index in [9.17, 15) is 4.79 Å². The van der Waals surface area contributed by atoms with Crippen molar-refractivity contribution in [1.82, 2.24) is 5.16 Å². The van der Waals surface area contributed by atoms with Crippen molar-refractivity contribution in [2.45, 2.75) is 6.61 Å². The van der Waals surface area contributed by atoms with Gasteiger partial charge in [0.25, 0.3) is 5.91 Å². The molecule has 0 bridgehead atoms. The topological polar surface area (TPSA) is 99.6 Å². The second-order valence-corrected chi connectivity index (χ2v) is 4.02. The molecule has 3 N–H and O–H groups in total. The minimum atomic E-state index is -0.386. The van der Waals surface area contributed by atoms with Gasteiger partial charge in [-0.1, -0.05) is 5.16 Å². The number of benzene rings is 1. The fraction of sp³-hybridized carbons (Fsp3) is 0.231. The van der Waals surface area contributed by atoms with Gasteiger partial charge in [0, 0.05) is 24.9 Å². The van der Waals surface area contributed by atoms with Gasteiger partial charge in [-0.25, -0.2) is 0 Å². The molecule has 1 aromatic heterocycles. The van der Waals surface area contributed by atoms with E-state index in [1.165, 1.54) is 20.3 Å². The molecule has 1 aromatic carbocycles. The van der Waals surface area contributed by atoms with E-state index in [2.05, 4.69) is 10.5 Å². The number of methoxy groups -OCH3 is 2. The van der Waals surface area contributed by atoms with Gasteiger partial charge < -0.3 is 25.0 Å². The zero-order valence-electron chi connectivity index (χ0n) is 11.2. The van der Waals surface area contributed by atoms with Crippen LogP contribution in [-0.4, -0.2) is 25.3 Å². The van der Waals surface area contributed by atoms with E-state index in [-0.39, 0.29) is 18.2 Å². The predicted octanol–water partition coefficient (Wildman–Crippen LogP) is 1.66. The van der Waals surface area contributed by atoms with Crippen LogP contribution in [0, 0.1) is 0 Å². The number of carbonyl (C=O) groups excluding carboxylic acids is 1. The molecule has 0 atom stereocenters. The lowest BCUT2D eigenvalue weighted by Gasteiger charge is -2.07. The van der Waals surface area contributed by atoms with Crippen LogP contribution in [0.1, 0.15) is 16.2 Å². The molecule has 2 aromatic rings. The Balaban J connectivity index is 2.10. The number of hydrogen-bond donors (Lipinski definition) is 2. The molecule has 106 valence electrons. The van der Waals surface area contributed by atoms with Crippen LogP contribution in [0.3, 0.4) is 0 Å². The SMILES string of the molecule is COCc1cc(C(=O)Nc2ccc(N)c(OC)c2)no1. The molecule has 7 heteroatoms. The average molecular weight is 277 g/mol. The van der Waals surface area contributed by atoms with Crippen molar-refractivity contribution in [3.05, 3.63) is 35.7 Å². The number of rotatable bonds is 5. The number of carbonyl (C=O) groups is 1. The fourth-order valence-electron chi connectivity index (χ4n) is 1.61. The molecule has 0 aliphatic heterocycles. The van der Waals surface area contributed by atoms with Crippen LogP contribution in [0.15, 0.2) is 28.8 Å². The van der Waals surface area contributed by atoms with Crippen molar-refractivity contribution in [3.63, 3.8) is 0 Å².